The summed E-state index contributed by atoms with van der Waals surface area (Å²) in [4.78, 5) is 0. The van der Waals surface area contributed by atoms with Crippen molar-refractivity contribution in [3.8, 4) is 11.5 Å². The van der Waals surface area contributed by atoms with Crippen molar-refractivity contribution in [1.82, 2.24) is 0 Å². The van der Waals surface area contributed by atoms with Gasteiger partial charge in [-0.3, -0.25) is 0 Å². The fraction of sp³-hybridized carbons (Fsp3) is 0.400. The third-order valence-corrected chi connectivity index (χ3v) is 2.91. The average molecular weight is 259 g/mol. The molecule has 0 aromatic heterocycles. The molecule has 1 unspecified atom stereocenters. The first-order valence-corrected chi connectivity index (χ1v) is 5.20. The molecule has 1 atom stereocenters. The summed E-state index contributed by atoms with van der Waals surface area (Å²) in [5.74, 6) is 1.45. The van der Waals surface area contributed by atoms with Gasteiger partial charge in [-0.1, -0.05) is 0 Å². The Balaban J connectivity index is 2.49. The van der Waals surface area contributed by atoms with Crippen molar-refractivity contribution < 1.29 is 14.6 Å². The van der Waals surface area contributed by atoms with E-state index in [1.54, 1.807) is 7.11 Å². The molecular formula is C10H11BrO3. The van der Waals surface area contributed by atoms with Gasteiger partial charge < -0.3 is 14.6 Å². The van der Waals surface area contributed by atoms with Crippen molar-refractivity contribution in [1.29, 1.82) is 0 Å². The fourth-order valence-electron chi connectivity index (χ4n) is 1.53. The lowest BCUT2D eigenvalue weighted by Gasteiger charge is -2.23. The van der Waals surface area contributed by atoms with Crippen LogP contribution in [0.2, 0.25) is 0 Å². The number of hydrogen-bond acceptors (Lipinski definition) is 3. The molecule has 0 saturated heterocycles. The molecular weight excluding hydrogens is 248 g/mol. The maximum atomic E-state index is 9.72. The standard InChI is InChI=1S/C10H11BrO3/c1-13-10-4-6-8(12)2-3-14-9(6)5-7(10)11/h4-5,8,12H,2-3H2,1H3. The van der Waals surface area contributed by atoms with Crippen LogP contribution in [-0.4, -0.2) is 18.8 Å². The van der Waals surface area contributed by atoms with E-state index in [1.165, 1.54) is 0 Å². The lowest BCUT2D eigenvalue weighted by molar-refractivity contribution is 0.115. The van der Waals surface area contributed by atoms with Crippen LogP contribution >= 0.6 is 15.9 Å². The topological polar surface area (TPSA) is 38.7 Å². The highest BCUT2D eigenvalue weighted by atomic mass is 79.9. The van der Waals surface area contributed by atoms with E-state index < -0.39 is 6.10 Å². The molecule has 0 spiro atoms. The molecule has 1 heterocycles. The van der Waals surface area contributed by atoms with Gasteiger partial charge in [-0.05, 0) is 28.1 Å². The minimum atomic E-state index is -0.444. The largest absolute Gasteiger partial charge is 0.496 e. The van der Waals surface area contributed by atoms with Crippen molar-refractivity contribution in [3.05, 3.63) is 22.2 Å². The van der Waals surface area contributed by atoms with E-state index in [2.05, 4.69) is 15.9 Å². The molecule has 0 fully saturated rings. The number of rotatable bonds is 1. The minimum absolute atomic E-state index is 0.444. The lowest BCUT2D eigenvalue weighted by atomic mass is 10.0. The number of benzene rings is 1. The molecule has 1 aromatic rings. The zero-order valence-corrected chi connectivity index (χ0v) is 9.37. The molecule has 0 bridgehead atoms. The van der Waals surface area contributed by atoms with Gasteiger partial charge in [0.15, 0.2) is 0 Å². The number of halogens is 1. The summed E-state index contributed by atoms with van der Waals surface area (Å²) in [5, 5.41) is 9.72. The predicted octanol–water partition coefficient (Wildman–Crippen LogP) is 2.27. The normalized spacial score (nSPS) is 19.8. The van der Waals surface area contributed by atoms with Gasteiger partial charge in [-0.25, -0.2) is 0 Å². The summed E-state index contributed by atoms with van der Waals surface area (Å²) in [6.07, 6.45) is 0.193. The maximum Gasteiger partial charge on any atom is 0.133 e. The highest BCUT2D eigenvalue weighted by molar-refractivity contribution is 9.10. The van der Waals surface area contributed by atoms with E-state index in [0.717, 1.165) is 15.8 Å². The predicted molar refractivity (Wildman–Crippen MR) is 55.8 cm³/mol. The first kappa shape index (κ1) is 9.80. The van der Waals surface area contributed by atoms with Crippen molar-refractivity contribution in [2.75, 3.05) is 13.7 Å². The molecule has 1 aliphatic rings. The quantitative estimate of drug-likeness (QED) is 0.840. The maximum absolute atomic E-state index is 9.72. The molecule has 4 heteroatoms. The Hall–Kier alpha value is -0.740. The van der Waals surface area contributed by atoms with E-state index in [9.17, 15) is 5.11 Å². The number of ether oxygens (including phenoxy) is 2. The van der Waals surface area contributed by atoms with Crippen LogP contribution < -0.4 is 9.47 Å². The molecule has 1 aliphatic heterocycles. The number of fused-ring (bicyclic) bond motifs is 1. The first-order chi connectivity index (χ1) is 6.72. The van der Waals surface area contributed by atoms with Crippen LogP contribution in [0.25, 0.3) is 0 Å². The van der Waals surface area contributed by atoms with Gasteiger partial charge in [0.25, 0.3) is 0 Å². The minimum Gasteiger partial charge on any atom is -0.496 e. The van der Waals surface area contributed by atoms with Gasteiger partial charge in [0, 0.05) is 12.0 Å². The van der Waals surface area contributed by atoms with Crippen molar-refractivity contribution in [2.45, 2.75) is 12.5 Å². The van der Waals surface area contributed by atoms with Crippen LogP contribution in [-0.2, 0) is 0 Å². The van der Waals surface area contributed by atoms with Gasteiger partial charge >= 0.3 is 0 Å². The molecule has 1 aromatic carbocycles. The summed E-state index contributed by atoms with van der Waals surface area (Å²) in [6, 6.07) is 3.64. The Labute approximate surface area is 90.8 Å². The second-order valence-electron chi connectivity index (χ2n) is 3.18. The van der Waals surface area contributed by atoms with E-state index in [0.29, 0.717) is 18.8 Å². The fourth-order valence-corrected chi connectivity index (χ4v) is 2.01. The molecule has 0 saturated carbocycles. The molecule has 76 valence electrons. The van der Waals surface area contributed by atoms with Gasteiger partial charge in [-0.2, -0.15) is 0 Å². The Kier molecular flexibility index (Phi) is 2.65. The summed E-state index contributed by atoms with van der Waals surface area (Å²) >= 11 is 3.37. The molecule has 0 amide bonds. The highest BCUT2D eigenvalue weighted by Crippen LogP contribution is 2.39. The zero-order chi connectivity index (χ0) is 10.1. The number of hydrogen-bond donors (Lipinski definition) is 1. The van der Waals surface area contributed by atoms with Crippen molar-refractivity contribution >= 4 is 15.9 Å². The number of aliphatic hydroxyl groups is 1. The Morgan fingerprint density at radius 2 is 2.36 bits per heavy atom. The van der Waals surface area contributed by atoms with Gasteiger partial charge in [0.2, 0.25) is 0 Å². The Bertz CT molecular complexity index is 351. The summed E-state index contributed by atoms with van der Waals surface area (Å²) in [7, 11) is 1.60. The third kappa shape index (κ3) is 1.60. The Morgan fingerprint density at radius 3 is 3.07 bits per heavy atom. The van der Waals surface area contributed by atoms with Crippen molar-refractivity contribution in [3.63, 3.8) is 0 Å². The van der Waals surface area contributed by atoms with Crippen LogP contribution in [0.5, 0.6) is 11.5 Å². The van der Waals surface area contributed by atoms with E-state index in [1.807, 2.05) is 12.1 Å². The number of methoxy groups -OCH3 is 1. The molecule has 1 N–H and O–H groups in total. The second kappa shape index (κ2) is 3.79. The zero-order valence-electron chi connectivity index (χ0n) is 7.79. The summed E-state index contributed by atoms with van der Waals surface area (Å²) < 4.78 is 11.4. The summed E-state index contributed by atoms with van der Waals surface area (Å²) in [5.41, 5.74) is 0.802. The van der Waals surface area contributed by atoms with Crippen LogP contribution in [0.3, 0.4) is 0 Å². The lowest BCUT2D eigenvalue weighted by Crippen LogP contribution is -2.13. The highest BCUT2D eigenvalue weighted by Gasteiger charge is 2.21. The van der Waals surface area contributed by atoms with Gasteiger partial charge in [-0.15, -0.1) is 0 Å². The molecule has 0 aliphatic carbocycles. The van der Waals surface area contributed by atoms with Crippen LogP contribution in [0.4, 0.5) is 0 Å². The molecule has 0 radical (unpaired) electrons. The van der Waals surface area contributed by atoms with E-state index in [-0.39, 0.29) is 0 Å². The second-order valence-corrected chi connectivity index (χ2v) is 4.03. The Morgan fingerprint density at radius 1 is 1.57 bits per heavy atom. The average Bonchev–Trinajstić information content (AvgIpc) is 2.17. The molecule has 2 rings (SSSR count). The van der Waals surface area contributed by atoms with Gasteiger partial charge in [0.05, 0.1) is 24.3 Å². The first-order valence-electron chi connectivity index (χ1n) is 4.40. The summed E-state index contributed by atoms with van der Waals surface area (Å²) in [6.45, 7) is 0.562. The van der Waals surface area contributed by atoms with Crippen LogP contribution in [0, 0.1) is 0 Å². The van der Waals surface area contributed by atoms with Crippen molar-refractivity contribution in [2.24, 2.45) is 0 Å². The van der Waals surface area contributed by atoms with E-state index in [4.69, 9.17) is 9.47 Å². The molecule has 3 nitrogen and oxygen atoms in total. The molecule has 14 heavy (non-hydrogen) atoms. The smallest absolute Gasteiger partial charge is 0.133 e. The van der Waals surface area contributed by atoms with Gasteiger partial charge in [0.1, 0.15) is 11.5 Å². The SMILES string of the molecule is COc1cc2c(cc1Br)OCCC2O. The van der Waals surface area contributed by atoms with Crippen LogP contribution in [0.1, 0.15) is 18.1 Å². The third-order valence-electron chi connectivity index (χ3n) is 2.29. The van der Waals surface area contributed by atoms with E-state index >= 15 is 0 Å². The monoisotopic (exact) mass is 258 g/mol. The number of aliphatic hydroxyl groups excluding tert-OH is 1. The van der Waals surface area contributed by atoms with Crippen LogP contribution in [0.15, 0.2) is 16.6 Å².